The summed E-state index contributed by atoms with van der Waals surface area (Å²) < 4.78 is 4.84. The van der Waals surface area contributed by atoms with Crippen LogP contribution in [0.1, 0.15) is 24.2 Å². The molecule has 0 fully saturated rings. The topological polar surface area (TPSA) is 75.6 Å². The maximum atomic E-state index is 11.8. The van der Waals surface area contributed by atoms with Crippen molar-refractivity contribution >= 4 is 17.6 Å². The molecule has 0 aliphatic heterocycles. The molecule has 23 heavy (non-hydrogen) atoms. The van der Waals surface area contributed by atoms with Crippen molar-refractivity contribution in [2.24, 2.45) is 0 Å². The van der Waals surface area contributed by atoms with Gasteiger partial charge in [-0.15, -0.1) is 0 Å². The summed E-state index contributed by atoms with van der Waals surface area (Å²) in [6, 6.07) is 15.8. The Bertz CT molecular complexity index is 652. The fourth-order valence-electron chi connectivity index (χ4n) is 2.01. The van der Waals surface area contributed by atoms with Gasteiger partial charge in [0.25, 0.3) is 5.91 Å². The van der Waals surface area contributed by atoms with Crippen LogP contribution < -0.4 is 5.32 Å². The molecule has 0 heterocycles. The molecule has 5 nitrogen and oxygen atoms in total. The van der Waals surface area contributed by atoms with E-state index in [1.807, 2.05) is 19.1 Å². The second-order valence-electron chi connectivity index (χ2n) is 5.02. The molecule has 5 heteroatoms. The monoisotopic (exact) mass is 313 g/mol. The van der Waals surface area contributed by atoms with Gasteiger partial charge < -0.3 is 15.2 Å². The van der Waals surface area contributed by atoms with Gasteiger partial charge in [-0.25, -0.2) is 4.79 Å². The number of amides is 1. The van der Waals surface area contributed by atoms with Crippen molar-refractivity contribution in [3.05, 3.63) is 65.7 Å². The van der Waals surface area contributed by atoms with Crippen molar-refractivity contribution in [1.29, 1.82) is 0 Å². The van der Waals surface area contributed by atoms with E-state index >= 15 is 0 Å². The molecule has 0 aliphatic rings. The van der Waals surface area contributed by atoms with E-state index in [1.165, 1.54) is 5.56 Å². The average Bonchev–Trinajstić information content (AvgIpc) is 2.60. The van der Waals surface area contributed by atoms with Gasteiger partial charge in [0.15, 0.2) is 12.7 Å². The quantitative estimate of drug-likeness (QED) is 0.803. The van der Waals surface area contributed by atoms with Gasteiger partial charge in [0.05, 0.1) is 0 Å². The summed E-state index contributed by atoms with van der Waals surface area (Å²) in [6.45, 7) is 1.60. The normalized spacial score (nSPS) is 11.6. The number of nitrogens with one attached hydrogen (secondary N) is 1. The van der Waals surface area contributed by atoms with Crippen LogP contribution in [-0.2, 0) is 20.7 Å². The highest BCUT2D eigenvalue weighted by atomic mass is 16.5. The summed E-state index contributed by atoms with van der Waals surface area (Å²) in [6.07, 6.45) is -0.476. The van der Waals surface area contributed by atoms with Crippen molar-refractivity contribution in [2.75, 3.05) is 11.9 Å². The van der Waals surface area contributed by atoms with Crippen LogP contribution >= 0.6 is 0 Å². The molecule has 2 aromatic rings. The zero-order valence-corrected chi connectivity index (χ0v) is 12.9. The second-order valence-corrected chi connectivity index (χ2v) is 5.02. The Hall–Kier alpha value is -2.66. The number of anilines is 1. The highest BCUT2D eigenvalue weighted by molar-refractivity contribution is 5.93. The van der Waals surface area contributed by atoms with Crippen molar-refractivity contribution in [3.63, 3.8) is 0 Å². The van der Waals surface area contributed by atoms with E-state index in [4.69, 9.17) is 4.74 Å². The SMILES string of the molecule is CCc1ccc(NC(=O)COC(=O)[C@H](O)c2ccccc2)cc1. The van der Waals surface area contributed by atoms with Crippen molar-refractivity contribution in [2.45, 2.75) is 19.4 Å². The van der Waals surface area contributed by atoms with E-state index < -0.39 is 24.6 Å². The fraction of sp³-hybridized carbons (Fsp3) is 0.222. The van der Waals surface area contributed by atoms with Gasteiger partial charge in [-0.2, -0.15) is 0 Å². The minimum atomic E-state index is -1.40. The van der Waals surface area contributed by atoms with E-state index in [0.717, 1.165) is 6.42 Å². The zero-order valence-electron chi connectivity index (χ0n) is 12.9. The minimum Gasteiger partial charge on any atom is -0.453 e. The lowest BCUT2D eigenvalue weighted by Crippen LogP contribution is -2.23. The molecular formula is C18H19NO4. The van der Waals surface area contributed by atoms with Crippen LogP contribution in [0.2, 0.25) is 0 Å². The molecule has 2 aromatic carbocycles. The maximum absolute atomic E-state index is 11.8. The van der Waals surface area contributed by atoms with E-state index in [1.54, 1.807) is 42.5 Å². The maximum Gasteiger partial charge on any atom is 0.340 e. The molecule has 0 saturated heterocycles. The van der Waals surface area contributed by atoms with Gasteiger partial charge in [0.2, 0.25) is 0 Å². The Morgan fingerprint density at radius 3 is 2.35 bits per heavy atom. The summed E-state index contributed by atoms with van der Waals surface area (Å²) in [5.74, 6) is -1.31. The lowest BCUT2D eigenvalue weighted by molar-refractivity contribution is -0.156. The summed E-state index contributed by atoms with van der Waals surface area (Å²) in [7, 11) is 0. The minimum absolute atomic E-state index is 0.424. The molecule has 0 saturated carbocycles. The predicted octanol–water partition coefficient (Wildman–Crippen LogP) is 2.46. The van der Waals surface area contributed by atoms with E-state index in [2.05, 4.69) is 5.32 Å². The molecular weight excluding hydrogens is 294 g/mol. The third-order valence-corrected chi connectivity index (χ3v) is 3.33. The first-order valence-corrected chi connectivity index (χ1v) is 7.38. The van der Waals surface area contributed by atoms with Crippen molar-refractivity contribution < 1.29 is 19.4 Å². The molecule has 0 aromatic heterocycles. The van der Waals surface area contributed by atoms with Gasteiger partial charge in [-0.1, -0.05) is 49.4 Å². The number of esters is 1. The van der Waals surface area contributed by atoms with E-state index in [9.17, 15) is 14.7 Å². The third-order valence-electron chi connectivity index (χ3n) is 3.33. The number of hydrogen-bond donors (Lipinski definition) is 2. The molecule has 1 atom stereocenters. The lowest BCUT2D eigenvalue weighted by Gasteiger charge is -2.11. The van der Waals surface area contributed by atoms with Crippen LogP contribution in [0.3, 0.4) is 0 Å². The first kappa shape index (κ1) is 16.7. The smallest absolute Gasteiger partial charge is 0.340 e. The number of hydrogen-bond acceptors (Lipinski definition) is 4. The summed E-state index contributed by atoms with van der Waals surface area (Å²) in [5, 5.41) is 12.5. The molecule has 0 aliphatic carbocycles. The molecule has 2 N–H and O–H groups in total. The van der Waals surface area contributed by atoms with Gasteiger partial charge in [-0.05, 0) is 29.7 Å². The zero-order chi connectivity index (χ0) is 16.7. The molecule has 1 amide bonds. The number of carbonyl (C=O) groups is 2. The number of aliphatic hydroxyl groups excluding tert-OH is 1. The molecule has 0 radical (unpaired) electrons. The van der Waals surface area contributed by atoms with Crippen LogP contribution in [0, 0.1) is 0 Å². The van der Waals surface area contributed by atoms with E-state index in [-0.39, 0.29) is 0 Å². The highest BCUT2D eigenvalue weighted by Crippen LogP contribution is 2.14. The Kier molecular flexibility index (Phi) is 5.88. The van der Waals surface area contributed by atoms with Crippen LogP contribution in [-0.4, -0.2) is 23.6 Å². The number of rotatable bonds is 6. The average molecular weight is 313 g/mol. The molecule has 0 bridgehead atoms. The van der Waals surface area contributed by atoms with Gasteiger partial charge in [-0.3, -0.25) is 4.79 Å². The number of benzene rings is 2. The largest absolute Gasteiger partial charge is 0.453 e. The molecule has 120 valence electrons. The fourth-order valence-corrected chi connectivity index (χ4v) is 2.01. The Balaban J connectivity index is 1.82. The van der Waals surface area contributed by atoms with Crippen molar-refractivity contribution in [1.82, 2.24) is 0 Å². The first-order chi connectivity index (χ1) is 11.1. The molecule has 0 unspecified atom stereocenters. The Morgan fingerprint density at radius 1 is 1.09 bits per heavy atom. The summed E-state index contributed by atoms with van der Waals surface area (Å²) in [4.78, 5) is 23.5. The predicted molar refractivity (Wildman–Crippen MR) is 86.8 cm³/mol. The number of ether oxygens (including phenoxy) is 1. The number of carbonyl (C=O) groups excluding carboxylic acids is 2. The standard InChI is InChI=1S/C18H19NO4/c1-2-13-8-10-15(11-9-13)19-16(20)12-23-18(22)17(21)14-6-4-3-5-7-14/h3-11,17,21H,2,12H2,1H3,(H,19,20)/t17-/m1/s1. The van der Waals surface area contributed by atoms with Crippen LogP contribution in [0.4, 0.5) is 5.69 Å². The van der Waals surface area contributed by atoms with Gasteiger partial charge in [0.1, 0.15) is 0 Å². The first-order valence-electron chi connectivity index (χ1n) is 7.38. The number of aryl methyl sites for hydroxylation is 1. The van der Waals surface area contributed by atoms with Crippen molar-refractivity contribution in [3.8, 4) is 0 Å². The van der Waals surface area contributed by atoms with Gasteiger partial charge >= 0.3 is 5.97 Å². The Morgan fingerprint density at radius 2 is 1.74 bits per heavy atom. The van der Waals surface area contributed by atoms with Crippen LogP contribution in [0.15, 0.2) is 54.6 Å². The van der Waals surface area contributed by atoms with Crippen LogP contribution in [0.5, 0.6) is 0 Å². The Labute approximate surface area is 134 Å². The summed E-state index contributed by atoms with van der Waals surface area (Å²) in [5.41, 5.74) is 2.22. The van der Waals surface area contributed by atoms with E-state index in [0.29, 0.717) is 11.3 Å². The lowest BCUT2D eigenvalue weighted by atomic mass is 10.1. The van der Waals surface area contributed by atoms with Gasteiger partial charge in [0, 0.05) is 5.69 Å². The summed E-state index contributed by atoms with van der Waals surface area (Å²) >= 11 is 0. The molecule has 0 spiro atoms. The third kappa shape index (κ3) is 4.93. The highest BCUT2D eigenvalue weighted by Gasteiger charge is 2.19. The molecule has 2 rings (SSSR count). The van der Waals surface area contributed by atoms with Crippen LogP contribution in [0.25, 0.3) is 0 Å². The number of aliphatic hydroxyl groups is 1. The second kappa shape index (κ2) is 8.10.